The Hall–Kier alpha value is -1.19. The molecule has 3 nitrogen and oxygen atoms in total. The zero-order valence-corrected chi connectivity index (χ0v) is 9.47. The molecule has 5 heteroatoms. The van der Waals surface area contributed by atoms with Crippen LogP contribution in [0.5, 0.6) is 0 Å². The van der Waals surface area contributed by atoms with Gasteiger partial charge in [-0.1, -0.05) is 23.2 Å². The van der Waals surface area contributed by atoms with Crippen molar-refractivity contribution in [2.45, 2.75) is 0 Å². The molecule has 0 unspecified atom stereocenters. The van der Waals surface area contributed by atoms with Crippen LogP contribution in [-0.4, -0.2) is 13.1 Å². The van der Waals surface area contributed by atoms with Gasteiger partial charge in [0, 0.05) is 17.3 Å². The van der Waals surface area contributed by atoms with Crippen LogP contribution in [-0.2, 0) is 9.53 Å². The highest BCUT2D eigenvalue weighted by atomic mass is 35.5. The molecule has 1 rings (SSSR count). The van der Waals surface area contributed by atoms with Crippen LogP contribution < -0.4 is 5.73 Å². The standard InChI is InChI=1S/C10H9Cl2NO2/c1-15-10(14)3-2-7-8(11)4-6(13)5-9(7)12/h2-5H,13H2,1H3. The van der Waals surface area contributed by atoms with E-state index in [1.165, 1.54) is 19.3 Å². The summed E-state index contributed by atoms with van der Waals surface area (Å²) in [5, 5.41) is 0.778. The topological polar surface area (TPSA) is 52.3 Å². The number of hydrogen-bond acceptors (Lipinski definition) is 3. The number of halogens is 2. The molecule has 80 valence electrons. The molecule has 0 fully saturated rings. The molecule has 0 aliphatic heterocycles. The molecular formula is C10H9Cl2NO2. The normalized spacial score (nSPS) is 10.6. The monoisotopic (exact) mass is 245 g/mol. The Morgan fingerprint density at radius 3 is 2.40 bits per heavy atom. The molecule has 15 heavy (non-hydrogen) atoms. The van der Waals surface area contributed by atoms with E-state index in [9.17, 15) is 4.79 Å². The quantitative estimate of drug-likeness (QED) is 0.496. The fourth-order valence-electron chi connectivity index (χ4n) is 0.983. The van der Waals surface area contributed by atoms with E-state index in [2.05, 4.69) is 4.74 Å². The first-order valence-electron chi connectivity index (χ1n) is 4.05. The van der Waals surface area contributed by atoms with E-state index in [-0.39, 0.29) is 0 Å². The molecule has 1 aromatic carbocycles. The number of anilines is 1. The molecule has 0 saturated heterocycles. The van der Waals surface area contributed by atoms with Gasteiger partial charge in [0.05, 0.1) is 17.2 Å². The van der Waals surface area contributed by atoms with E-state index in [1.807, 2.05) is 0 Å². The van der Waals surface area contributed by atoms with Crippen molar-refractivity contribution < 1.29 is 9.53 Å². The number of carbonyl (C=O) groups is 1. The lowest BCUT2D eigenvalue weighted by atomic mass is 10.2. The number of hydrogen-bond donors (Lipinski definition) is 1. The summed E-state index contributed by atoms with van der Waals surface area (Å²) in [5.74, 6) is -0.473. The third kappa shape index (κ3) is 3.15. The Morgan fingerprint density at radius 2 is 1.93 bits per heavy atom. The second-order valence-corrected chi connectivity index (χ2v) is 3.57. The van der Waals surface area contributed by atoms with Crippen molar-refractivity contribution in [1.82, 2.24) is 0 Å². The predicted molar refractivity (Wildman–Crippen MR) is 61.9 cm³/mol. The molecular weight excluding hydrogens is 237 g/mol. The molecule has 0 aromatic heterocycles. The number of esters is 1. The zero-order valence-electron chi connectivity index (χ0n) is 7.96. The van der Waals surface area contributed by atoms with Gasteiger partial charge in [-0.2, -0.15) is 0 Å². The zero-order chi connectivity index (χ0) is 11.4. The van der Waals surface area contributed by atoms with Crippen LogP contribution >= 0.6 is 23.2 Å². The van der Waals surface area contributed by atoms with Gasteiger partial charge in [0.25, 0.3) is 0 Å². The summed E-state index contributed by atoms with van der Waals surface area (Å²) in [6.45, 7) is 0. The molecule has 0 aliphatic rings. The van der Waals surface area contributed by atoms with Crippen molar-refractivity contribution in [2.75, 3.05) is 12.8 Å². The van der Waals surface area contributed by atoms with Crippen LogP contribution in [0.15, 0.2) is 18.2 Å². The van der Waals surface area contributed by atoms with Gasteiger partial charge in [-0.3, -0.25) is 0 Å². The Morgan fingerprint density at radius 1 is 1.40 bits per heavy atom. The molecule has 0 spiro atoms. The van der Waals surface area contributed by atoms with Crippen molar-refractivity contribution in [3.8, 4) is 0 Å². The van der Waals surface area contributed by atoms with Crippen LogP contribution in [0.4, 0.5) is 5.69 Å². The van der Waals surface area contributed by atoms with Gasteiger partial charge < -0.3 is 10.5 Å². The Kier molecular flexibility index (Phi) is 4.00. The number of benzene rings is 1. The summed E-state index contributed by atoms with van der Waals surface area (Å²) >= 11 is 11.8. The molecule has 0 atom stereocenters. The molecule has 0 saturated carbocycles. The number of nitrogens with two attached hydrogens (primary N) is 1. The second kappa shape index (κ2) is 5.05. The molecule has 0 amide bonds. The summed E-state index contributed by atoms with van der Waals surface area (Å²) in [6, 6.07) is 3.12. The van der Waals surface area contributed by atoms with Gasteiger partial charge in [0.15, 0.2) is 0 Å². The summed E-state index contributed by atoms with van der Waals surface area (Å²) < 4.78 is 4.44. The maximum absolute atomic E-state index is 10.9. The smallest absolute Gasteiger partial charge is 0.330 e. The first kappa shape index (κ1) is 11.9. The van der Waals surface area contributed by atoms with Crippen LogP contribution in [0.1, 0.15) is 5.56 Å². The van der Waals surface area contributed by atoms with Gasteiger partial charge in [0.2, 0.25) is 0 Å². The van der Waals surface area contributed by atoms with E-state index >= 15 is 0 Å². The number of carbonyl (C=O) groups excluding carboxylic acids is 1. The first-order chi connectivity index (χ1) is 7.04. The SMILES string of the molecule is COC(=O)C=Cc1c(Cl)cc(N)cc1Cl. The highest BCUT2D eigenvalue weighted by Crippen LogP contribution is 2.28. The minimum atomic E-state index is -0.473. The number of rotatable bonds is 2. The molecule has 2 N–H and O–H groups in total. The molecule has 0 heterocycles. The minimum Gasteiger partial charge on any atom is -0.466 e. The number of ether oxygens (including phenoxy) is 1. The summed E-state index contributed by atoms with van der Waals surface area (Å²) in [6.07, 6.45) is 2.72. The van der Waals surface area contributed by atoms with Crippen molar-refractivity contribution in [1.29, 1.82) is 0 Å². The maximum atomic E-state index is 10.9. The van der Waals surface area contributed by atoms with Crippen LogP contribution in [0, 0.1) is 0 Å². The van der Waals surface area contributed by atoms with Gasteiger partial charge in [0.1, 0.15) is 0 Å². The summed E-state index contributed by atoms with van der Waals surface area (Å²) in [5.41, 5.74) is 6.54. The Balaban J connectivity index is 3.05. The van der Waals surface area contributed by atoms with Crippen molar-refractivity contribution in [3.05, 3.63) is 33.8 Å². The van der Waals surface area contributed by atoms with Crippen molar-refractivity contribution >= 4 is 40.9 Å². The van der Waals surface area contributed by atoms with E-state index in [0.717, 1.165) is 0 Å². The molecule has 0 aliphatic carbocycles. The molecule has 0 bridgehead atoms. The number of methoxy groups -OCH3 is 1. The van der Waals surface area contributed by atoms with E-state index < -0.39 is 5.97 Å². The highest BCUT2D eigenvalue weighted by Gasteiger charge is 2.04. The van der Waals surface area contributed by atoms with E-state index in [4.69, 9.17) is 28.9 Å². The third-order valence-corrected chi connectivity index (χ3v) is 2.31. The fraction of sp³-hybridized carbons (Fsp3) is 0.100. The minimum absolute atomic E-state index is 0.389. The predicted octanol–water partition coefficient (Wildman–Crippen LogP) is 2.76. The average molecular weight is 246 g/mol. The largest absolute Gasteiger partial charge is 0.466 e. The molecule has 1 aromatic rings. The molecule has 0 radical (unpaired) electrons. The van der Waals surface area contributed by atoms with Gasteiger partial charge in [-0.15, -0.1) is 0 Å². The lowest BCUT2D eigenvalue weighted by Crippen LogP contribution is -1.94. The number of nitrogen functional groups attached to an aromatic ring is 1. The van der Waals surface area contributed by atoms with Crippen LogP contribution in [0.3, 0.4) is 0 Å². The Labute approximate surface area is 97.4 Å². The van der Waals surface area contributed by atoms with Gasteiger partial charge >= 0.3 is 5.97 Å². The van der Waals surface area contributed by atoms with Crippen molar-refractivity contribution in [2.24, 2.45) is 0 Å². The second-order valence-electron chi connectivity index (χ2n) is 2.75. The maximum Gasteiger partial charge on any atom is 0.330 e. The first-order valence-corrected chi connectivity index (χ1v) is 4.80. The van der Waals surface area contributed by atoms with Gasteiger partial charge in [-0.25, -0.2) is 4.79 Å². The summed E-state index contributed by atoms with van der Waals surface area (Å²) in [4.78, 5) is 10.9. The van der Waals surface area contributed by atoms with E-state index in [1.54, 1.807) is 12.1 Å². The average Bonchev–Trinajstić information content (AvgIpc) is 2.15. The fourth-order valence-corrected chi connectivity index (χ4v) is 1.61. The van der Waals surface area contributed by atoms with Crippen LogP contribution in [0.2, 0.25) is 10.0 Å². The Bertz CT molecular complexity index is 393. The summed E-state index contributed by atoms with van der Waals surface area (Å²) in [7, 11) is 1.29. The van der Waals surface area contributed by atoms with Crippen LogP contribution in [0.25, 0.3) is 6.08 Å². The van der Waals surface area contributed by atoms with Gasteiger partial charge in [-0.05, 0) is 18.2 Å². The lowest BCUT2D eigenvalue weighted by Gasteiger charge is -2.03. The van der Waals surface area contributed by atoms with Crippen molar-refractivity contribution in [3.63, 3.8) is 0 Å². The third-order valence-electron chi connectivity index (χ3n) is 1.69. The highest BCUT2D eigenvalue weighted by molar-refractivity contribution is 6.37. The van der Waals surface area contributed by atoms with E-state index in [0.29, 0.717) is 21.3 Å². The lowest BCUT2D eigenvalue weighted by molar-refractivity contribution is -0.134.